The Morgan fingerprint density at radius 1 is 0.966 bits per heavy atom. The van der Waals surface area contributed by atoms with Gasteiger partial charge in [0.1, 0.15) is 10.6 Å². The van der Waals surface area contributed by atoms with Gasteiger partial charge in [-0.2, -0.15) is 0 Å². The topological polar surface area (TPSA) is 69.4 Å². The molecule has 0 bridgehead atoms. The standard InChI is InChI=1S/C23H24ClNO3S/c1-28-22-12-11-19(20-9-2-3-10-21(20)24)15-23(22)29(26,27)16-18-7-4-6-17(14-18)8-5-13-25/h2-4,6-7,9-12,14-15H,5,8,13,16,25H2,1H3. The largest absolute Gasteiger partial charge is 0.495 e. The fraction of sp³-hybridized carbons (Fsp3) is 0.217. The maximum Gasteiger partial charge on any atom is 0.186 e. The SMILES string of the molecule is COc1ccc(-c2ccccc2Cl)cc1S(=O)(=O)Cc1cccc(CCCN)c1. The molecule has 0 aromatic heterocycles. The number of aryl methyl sites for hydroxylation is 1. The number of hydrogen-bond donors (Lipinski definition) is 1. The molecule has 152 valence electrons. The zero-order chi connectivity index (χ0) is 20.9. The Bertz CT molecular complexity index is 1100. The monoisotopic (exact) mass is 429 g/mol. The van der Waals surface area contributed by atoms with Crippen molar-refractivity contribution >= 4 is 21.4 Å². The molecule has 3 rings (SSSR count). The van der Waals surface area contributed by atoms with E-state index in [-0.39, 0.29) is 10.6 Å². The quantitative estimate of drug-likeness (QED) is 0.554. The number of ether oxygens (including phenoxy) is 1. The van der Waals surface area contributed by atoms with Crippen LogP contribution in [0.25, 0.3) is 11.1 Å². The van der Waals surface area contributed by atoms with Crippen molar-refractivity contribution in [1.82, 2.24) is 0 Å². The Morgan fingerprint density at radius 2 is 1.72 bits per heavy atom. The van der Waals surface area contributed by atoms with Gasteiger partial charge in [-0.15, -0.1) is 0 Å². The van der Waals surface area contributed by atoms with Crippen molar-refractivity contribution in [2.75, 3.05) is 13.7 Å². The average molecular weight is 430 g/mol. The first-order chi connectivity index (χ1) is 13.9. The number of halogens is 1. The van der Waals surface area contributed by atoms with Gasteiger partial charge in [0.05, 0.1) is 12.9 Å². The van der Waals surface area contributed by atoms with Crippen LogP contribution in [-0.2, 0) is 22.0 Å². The molecule has 0 aliphatic heterocycles. The van der Waals surface area contributed by atoms with Gasteiger partial charge in [-0.05, 0) is 54.3 Å². The highest BCUT2D eigenvalue weighted by atomic mass is 35.5. The molecule has 3 aromatic carbocycles. The average Bonchev–Trinajstić information content (AvgIpc) is 2.72. The van der Waals surface area contributed by atoms with Crippen LogP contribution in [-0.4, -0.2) is 22.1 Å². The summed E-state index contributed by atoms with van der Waals surface area (Å²) in [4.78, 5) is 0.157. The predicted molar refractivity (Wildman–Crippen MR) is 118 cm³/mol. The molecule has 0 spiro atoms. The number of hydrogen-bond acceptors (Lipinski definition) is 4. The molecule has 4 nitrogen and oxygen atoms in total. The lowest BCUT2D eigenvalue weighted by molar-refractivity contribution is 0.403. The summed E-state index contributed by atoms with van der Waals surface area (Å²) in [5.74, 6) is 0.214. The van der Waals surface area contributed by atoms with Crippen LogP contribution in [0.4, 0.5) is 0 Å². The molecule has 0 amide bonds. The minimum Gasteiger partial charge on any atom is -0.495 e. The molecular formula is C23H24ClNO3S. The number of rotatable bonds is 8. The van der Waals surface area contributed by atoms with Crippen LogP contribution in [0, 0.1) is 0 Å². The molecule has 0 fully saturated rings. The van der Waals surface area contributed by atoms with Crippen molar-refractivity contribution in [1.29, 1.82) is 0 Å². The third-order valence-corrected chi connectivity index (χ3v) is 6.73. The van der Waals surface area contributed by atoms with E-state index in [1.54, 1.807) is 18.2 Å². The van der Waals surface area contributed by atoms with E-state index in [1.807, 2.05) is 48.5 Å². The fourth-order valence-electron chi connectivity index (χ4n) is 3.26. The normalized spacial score (nSPS) is 11.4. The first-order valence-corrected chi connectivity index (χ1v) is 11.4. The molecule has 0 radical (unpaired) electrons. The lowest BCUT2D eigenvalue weighted by Gasteiger charge is -2.13. The Balaban J connectivity index is 1.98. The highest BCUT2D eigenvalue weighted by Crippen LogP contribution is 2.34. The molecule has 6 heteroatoms. The minimum absolute atomic E-state index is 0.105. The van der Waals surface area contributed by atoms with E-state index in [1.165, 1.54) is 7.11 Å². The minimum atomic E-state index is -3.63. The van der Waals surface area contributed by atoms with E-state index in [0.717, 1.165) is 35.1 Å². The molecule has 0 heterocycles. The van der Waals surface area contributed by atoms with E-state index in [9.17, 15) is 8.42 Å². The Morgan fingerprint density at radius 3 is 2.45 bits per heavy atom. The maximum atomic E-state index is 13.2. The Labute approximate surface area is 177 Å². The summed E-state index contributed by atoms with van der Waals surface area (Å²) in [6.07, 6.45) is 1.69. The second-order valence-electron chi connectivity index (χ2n) is 6.82. The fourth-order valence-corrected chi connectivity index (χ4v) is 5.04. The molecule has 0 saturated carbocycles. The van der Waals surface area contributed by atoms with E-state index < -0.39 is 9.84 Å². The molecule has 3 aromatic rings. The second kappa shape index (κ2) is 9.44. The summed E-state index contributed by atoms with van der Waals surface area (Å²) in [7, 11) is -2.16. The number of benzene rings is 3. The van der Waals surface area contributed by atoms with Crippen molar-refractivity contribution in [2.45, 2.75) is 23.5 Å². The van der Waals surface area contributed by atoms with Gasteiger partial charge < -0.3 is 10.5 Å². The lowest BCUT2D eigenvalue weighted by atomic mass is 10.1. The molecule has 0 saturated heterocycles. The second-order valence-corrected chi connectivity index (χ2v) is 9.18. The first-order valence-electron chi connectivity index (χ1n) is 9.38. The summed E-state index contributed by atoms with van der Waals surface area (Å²) in [6, 6.07) is 20.1. The van der Waals surface area contributed by atoms with Crippen molar-refractivity contribution < 1.29 is 13.2 Å². The molecule has 0 aliphatic rings. The lowest BCUT2D eigenvalue weighted by Crippen LogP contribution is -2.08. The smallest absolute Gasteiger partial charge is 0.186 e. The van der Waals surface area contributed by atoms with Gasteiger partial charge in [0.25, 0.3) is 0 Å². The first kappa shape index (κ1) is 21.4. The third-order valence-electron chi connectivity index (χ3n) is 4.70. The zero-order valence-corrected chi connectivity index (χ0v) is 17.8. The molecule has 2 N–H and O–H groups in total. The molecular weight excluding hydrogens is 406 g/mol. The van der Waals surface area contributed by atoms with E-state index in [0.29, 0.717) is 17.3 Å². The van der Waals surface area contributed by atoms with Crippen molar-refractivity contribution in [3.63, 3.8) is 0 Å². The van der Waals surface area contributed by atoms with Gasteiger partial charge >= 0.3 is 0 Å². The van der Waals surface area contributed by atoms with E-state index in [4.69, 9.17) is 22.1 Å². The van der Waals surface area contributed by atoms with Crippen LogP contribution in [0.15, 0.2) is 71.6 Å². The molecule has 0 aliphatic carbocycles. The van der Waals surface area contributed by atoms with Gasteiger partial charge in [-0.1, -0.05) is 60.1 Å². The van der Waals surface area contributed by atoms with Gasteiger partial charge in [0.15, 0.2) is 9.84 Å². The molecule has 0 atom stereocenters. The number of nitrogens with two attached hydrogens (primary N) is 1. The zero-order valence-electron chi connectivity index (χ0n) is 16.3. The van der Waals surface area contributed by atoms with Crippen LogP contribution in [0.5, 0.6) is 5.75 Å². The summed E-state index contributed by atoms with van der Waals surface area (Å²) in [6.45, 7) is 0.606. The highest BCUT2D eigenvalue weighted by molar-refractivity contribution is 7.90. The van der Waals surface area contributed by atoms with Crippen LogP contribution in [0.2, 0.25) is 5.02 Å². The summed E-state index contributed by atoms with van der Waals surface area (Å²) >= 11 is 6.30. The molecule has 0 unspecified atom stereocenters. The predicted octanol–water partition coefficient (Wildman–Crippen LogP) is 4.88. The van der Waals surface area contributed by atoms with Gasteiger partial charge in [0.2, 0.25) is 0 Å². The van der Waals surface area contributed by atoms with Crippen molar-refractivity contribution in [3.05, 3.63) is 82.9 Å². The van der Waals surface area contributed by atoms with Crippen molar-refractivity contribution in [2.24, 2.45) is 5.73 Å². The maximum absolute atomic E-state index is 13.2. The van der Waals surface area contributed by atoms with Crippen LogP contribution >= 0.6 is 11.6 Å². The van der Waals surface area contributed by atoms with Crippen LogP contribution in [0.3, 0.4) is 0 Å². The Kier molecular flexibility index (Phi) is 6.96. The van der Waals surface area contributed by atoms with Crippen LogP contribution in [0.1, 0.15) is 17.5 Å². The summed E-state index contributed by atoms with van der Waals surface area (Å²) in [5, 5.41) is 0.564. The van der Waals surface area contributed by atoms with Gasteiger partial charge in [-0.3, -0.25) is 0 Å². The summed E-state index contributed by atoms with van der Waals surface area (Å²) in [5.41, 5.74) is 8.90. The Hall–Kier alpha value is -2.34. The number of sulfone groups is 1. The van der Waals surface area contributed by atoms with E-state index >= 15 is 0 Å². The van der Waals surface area contributed by atoms with Crippen molar-refractivity contribution in [3.8, 4) is 16.9 Å². The van der Waals surface area contributed by atoms with Gasteiger partial charge in [-0.25, -0.2) is 8.42 Å². The van der Waals surface area contributed by atoms with Gasteiger partial charge in [0, 0.05) is 10.6 Å². The van der Waals surface area contributed by atoms with Crippen LogP contribution < -0.4 is 10.5 Å². The summed E-state index contributed by atoms with van der Waals surface area (Å²) < 4.78 is 31.8. The third kappa shape index (κ3) is 5.18. The number of methoxy groups -OCH3 is 1. The van der Waals surface area contributed by atoms with E-state index in [2.05, 4.69) is 0 Å². The highest BCUT2D eigenvalue weighted by Gasteiger charge is 2.22. The molecule has 29 heavy (non-hydrogen) atoms.